The topological polar surface area (TPSA) is 35.2 Å². The molecule has 3 heteroatoms. The van der Waals surface area contributed by atoms with Crippen LogP contribution < -0.4 is 10.5 Å². The minimum Gasteiger partial charge on any atom is -0.457 e. The van der Waals surface area contributed by atoms with Crippen molar-refractivity contribution in [3.63, 3.8) is 0 Å². The number of hydrogen-bond donors (Lipinski definition) is 1. The smallest absolute Gasteiger partial charge is 0.130 e. The lowest BCUT2D eigenvalue weighted by Gasteiger charge is -2.14. The van der Waals surface area contributed by atoms with Gasteiger partial charge in [-0.3, -0.25) is 0 Å². The van der Waals surface area contributed by atoms with E-state index in [0.717, 1.165) is 29.9 Å². The third kappa shape index (κ3) is 3.98. The molecule has 2 aromatic carbocycles. The molecule has 2 N–H and O–H groups in total. The highest BCUT2D eigenvalue weighted by atomic mass is 35.5. The van der Waals surface area contributed by atoms with Crippen LogP contribution in [0, 0.1) is 0 Å². The molecule has 0 aliphatic carbocycles. The van der Waals surface area contributed by atoms with Crippen LogP contribution in [0.2, 0.25) is 5.02 Å². The average Bonchev–Trinajstić information content (AvgIpc) is 2.41. The van der Waals surface area contributed by atoms with Crippen LogP contribution in [-0.2, 0) is 6.42 Å². The molecule has 19 heavy (non-hydrogen) atoms. The maximum absolute atomic E-state index is 6.01. The van der Waals surface area contributed by atoms with E-state index in [4.69, 9.17) is 22.1 Å². The number of hydrogen-bond acceptors (Lipinski definition) is 2. The molecule has 1 atom stereocenters. The van der Waals surface area contributed by atoms with Gasteiger partial charge < -0.3 is 10.5 Å². The number of rotatable bonds is 5. The van der Waals surface area contributed by atoms with Crippen molar-refractivity contribution in [1.29, 1.82) is 0 Å². The van der Waals surface area contributed by atoms with E-state index in [1.54, 1.807) is 6.07 Å². The van der Waals surface area contributed by atoms with Crippen molar-refractivity contribution in [2.24, 2.45) is 5.73 Å². The number of para-hydroxylation sites is 1. The van der Waals surface area contributed by atoms with Gasteiger partial charge in [0.2, 0.25) is 0 Å². The lowest BCUT2D eigenvalue weighted by atomic mass is 10.0. The van der Waals surface area contributed by atoms with Gasteiger partial charge in [0, 0.05) is 11.1 Å². The zero-order chi connectivity index (χ0) is 13.7. The van der Waals surface area contributed by atoms with Gasteiger partial charge in [0.05, 0.1) is 0 Å². The minimum absolute atomic E-state index is 0.157. The van der Waals surface area contributed by atoms with Gasteiger partial charge in [-0.2, -0.15) is 0 Å². The molecule has 2 aromatic rings. The first kappa shape index (κ1) is 13.9. The second-order valence-corrected chi connectivity index (χ2v) is 4.98. The Morgan fingerprint density at radius 2 is 1.95 bits per heavy atom. The molecule has 0 fully saturated rings. The van der Waals surface area contributed by atoms with Crippen LogP contribution in [0.1, 0.15) is 18.9 Å². The molecular weight excluding hydrogens is 258 g/mol. The van der Waals surface area contributed by atoms with E-state index in [1.165, 1.54) is 0 Å². The molecule has 0 aliphatic rings. The third-order valence-electron chi connectivity index (χ3n) is 3.00. The molecule has 0 radical (unpaired) electrons. The minimum atomic E-state index is 0.157. The Morgan fingerprint density at radius 3 is 2.68 bits per heavy atom. The summed E-state index contributed by atoms with van der Waals surface area (Å²) >= 11 is 5.96. The molecule has 0 aliphatic heterocycles. The zero-order valence-electron chi connectivity index (χ0n) is 11.0. The summed E-state index contributed by atoms with van der Waals surface area (Å²) in [6.45, 7) is 2.09. The Morgan fingerprint density at radius 1 is 1.16 bits per heavy atom. The molecule has 0 saturated carbocycles. The molecule has 100 valence electrons. The van der Waals surface area contributed by atoms with Gasteiger partial charge in [-0.25, -0.2) is 0 Å². The van der Waals surface area contributed by atoms with Crippen molar-refractivity contribution in [3.05, 3.63) is 59.1 Å². The first-order valence-electron chi connectivity index (χ1n) is 6.46. The SMILES string of the molecule is CCC(N)Cc1ccccc1Oc1cccc(Cl)c1. The van der Waals surface area contributed by atoms with Crippen molar-refractivity contribution in [1.82, 2.24) is 0 Å². The standard InChI is InChI=1S/C16H18ClNO/c1-2-14(18)10-12-6-3-4-9-16(12)19-15-8-5-7-13(17)11-15/h3-9,11,14H,2,10,18H2,1H3. The van der Waals surface area contributed by atoms with Crippen LogP contribution in [0.25, 0.3) is 0 Å². The van der Waals surface area contributed by atoms with Crippen LogP contribution in [0.4, 0.5) is 0 Å². The predicted octanol–water partition coefficient (Wildman–Crippen LogP) is 4.41. The van der Waals surface area contributed by atoms with Crippen LogP contribution in [0.5, 0.6) is 11.5 Å². The maximum Gasteiger partial charge on any atom is 0.130 e. The summed E-state index contributed by atoms with van der Waals surface area (Å²) in [5, 5.41) is 0.667. The summed E-state index contributed by atoms with van der Waals surface area (Å²) < 4.78 is 5.90. The molecule has 2 nitrogen and oxygen atoms in total. The largest absolute Gasteiger partial charge is 0.457 e. The van der Waals surface area contributed by atoms with E-state index in [0.29, 0.717) is 5.02 Å². The summed E-state index contributed by atoms with van der Waals surface area (Å²) in [7, 11) is 0. The van der Waals surface area contributed by atoms with Crippen LogP contribution >= 0.6 is 11.6 Å². The highest BCUT2D eigenvalue weighted by molar-refractivity contribution is 6.30. The first-order chi connectivity index (χ1) is 9.19. The molecule has 2 rings (SSSR count). The van der Waals surface area contributed by atoms with Crippen molar-refractivity contribution < 1.29 is 4.74 Å². The normalized spacial score (nSPS) is 12.2. The highest BCUT2D eigenvalue weighted by Gasteiger charge is 2.08. The summed E-state index contributed by atoms with van der Waals surface area (Å²) in [5.74, 6) is 1.58. The summed E-state index contributed by atoms with van der Waals surface area (Å²) in [6.07, 6.45) is 1.76. The monoisotopic (exact) mass is 275 g/mol. The van der Waals surface area contributed by atoms with E-state index in [1.807, 2.05) is 36.4 Å². The van der Waals surface area contributed by atoms with Gasteiger partial charge >= 0.3 is 0 Å². The van der Waals surface area contributed by atoms with Gasteiger partial charge in [-0.1, -0.05) is 42.8 Å². The zero-order valence-corrected chi connectivity index (χ0v) is 11.7. The second kappa shape index (κ2) is 6.60. The van der Waals surface area contributed by atoms with E-state index in [-0.39, 0.29) is 6.04 Å². The Labute approximate surface area is 119 Å². The molecule has 0 aromatic heterocycles. The van der Waals surface area contributed by atoms with Gasteiger partial charge in [0.1, 0.15) is 11.5 Å². The van der Waals surface area contributed by atoms with Gasteiger partial charge in [0.25, 0.3) is 0 Å². The fourth-order valence-electron chi connectivity index (χ4n) is 1.86. The van der Waals surface area contributed by atoms with Gasteiger partial charge in [-0.05, 0) is 42.7 Å². The lowest BCUT2D eigenvalue weighted by Crippen LogP contribution is -2.21. The average molecular weight is 276 g/mol. The number of halogens is 1. The summed E-state index contributed by atoms with van der Waals surface area (Å²) in [4.78, 5) is 0. The summed E-state index contributed by atoms with van der Waals surface area (Å²) in [5.41, 5.74) is 7.14. The quantitative estimate of drug-likeness (QED) is 0.877. The van der Waals surface area contributed by atoms with Crippen LogP contribution in [0.3, 0.4) is 0 Å². The Balaban J connectivity index is 2.20. The molecular formula is C16H18ClNO. The molecule has 0 heterocycles. The maximum atomic E-state index is 6.01. The lowest BCUT2D eigenvalue weighted by molar-refractivity contribution is 0.472. The molecule has 0 bridgehead atoms. The van der Waals surface area contributed by atoms with E-state index in [2.05, 4.69) is 13.0 Å². The Bertz CT molecular complexity index is 542. The fraction of sp³-hybridized carbons (Fsp3) is 0.250. The fourth-order valence-corrected chi connectivity index (χ4v) is 2.04. The second-order valence-electron chi connectivity index (χ2n) is 4.54. The van der Waals surface area contributed by atoms with Crippen molar-refractivity contribution >= 4 is 11.6 Å². The molecule has 0 saturated heterocycles. The third-order valence-corrected chi connectivity index (χ3v) is 3.24. The van der Waals surface area contributed by atoms with Gasteiger partial charge in [-0.15, -0.1) is 0 Å². The van der Waals surface area contributed by atoms with Crippen molar-refractivity contribution in [2.75, 3.05) is 0 Å². The first-order valence-corrected chi connectivity index (χ1v) is 6.83. The molecule has 0 amide bonds. The highest BCUT2D eigenvalue weighted by Crippen LogP contribution is 2.27. The van der Waals surface area contributed by atoms with Crippen LogP contribution in [0.15, 0.2) is 48.5 Å². The molecule has 0 spiro atoms. The van der Waals surface area contributed by atoms with Crippen LogP contribution in [-0.4, -0.2) is 6.04 Å². The Hall–Kier alpha value is -1.51. The Kier molecular flexibility index (Phi) is 4.83. The summed E-state index contributed by atoms with van der Waals surface area (Å²) in [6, 6.07) is 15.5. The number of ether oxygens (including phenoxy) is 1. The predicted molar refractivity (Wildman–Crippen MR) is 79.9 cm³/mol. The van der Waals surface area contributed by atoms with E-state index < -0.39 is 0 Å². The molecule has 1 unspecified atom stereocenters. The van der Waals surface area contributed by atoms with E-state index >= 15 is 0 Å². The van der Waals surface area contributed by atoms with E-state index in [9.17, 15) is 0 Å². The van der Waals surface area contributed by atoms with Crippen molar-refractivity contribution in [2.45, 2.75) is 25.8 Å². The number of nitrogens with two attached hydrogens (primary N) is 1. The number of benzene rings is 2. The van der Waals surface area contributed by atoms with Gasteiger partial charge in [0.15, 0.2) is 0 Å². The van der Waals surface area contributed by atoms with Crippen molar-refractivity contribution in [3.8, 4) is 11.5 Å².